The lowest BCUT2D eigenvalue weighted by Gasteiger charge is -2.35. The Morgan fingerprint density at radius 1 is 1.29 bits per heavy atom. The first kappa shape index (κ1) is 12.2. The van der Waals surface area contributed by atoms with Gasteiger partial charge in [-0.1, -0.05) is 32.1 Å². The van der Waals surface area contributed by atoms with Gasteiger partial charge in [-0.05, 0) is 54.9 Å². The number of rotatable bonds is 1. The Hall–Kier alpha value is -1.24. The standard InChI is InChI=1S/C16H22O/c1-9(2)13-6-10(3)12(5)14-8-16(17)11(4)7-15(13)14/h7-8,10,12-13,17H,1,6H2,2-5H3/t10-,12+,13+/m1/s1. The fourth-order valence-corrected chi connectivity index (χ4v) is 2.91. The first-order valence-corrected chi connectivity index (χ1v) is 6.40. The molecule has 0 fully saturated rings. The number of benzene rings is 1. The van der Waals surface area contributed by atoms with Gasteiger partial charge >= 0.3 is 0 Å². The maximum Gasteiger partial charge on any atom is 0.118 e. The Kier molecular flexibility index (Phi) is 3.03. The molecule has 0 saturated heterocycles. The van der Waals surface area contributed by atoms with Gasteiger partial charge in [0.05, 0.1) is 0 Å². The Bertz CT molecular complexity index is 459. The average molecular weight is 230 g/mol. The quantitative estimate of drug-likeness (QED) is 0.704. The maximum atomic E-state index is 9.88. The Labute approximate surface area is 104 Å². The minimum Gasteiger partial charge on any atom is -0.508 e. The highest BCUT2D eigenvalue weighted by Crippen LogP contribution is 2.46. The molecule has 0 bridgehead atoms. The van der Waals surface area contributed by atoms with Gasteiger partial charge in [0.2, 0.25) is 0 Å². The van der Waals surface area contributed by atoms with Crippen molar-refractivity contribution in [2.24, 2.45) is 5.92 Å². The predicted octanol–water partition coefficient (Wildman–Crippen LogP) is 4.50. The molecule has 92 valence electrons. The highest BCUT2D eigenvalue weighted by atomic mass is 16.3. The topological polar surface area (TPSA) is 20.2 Å². The van der Waals surface area contributed by atoms with Crippen molar-refractivity contribution in [2.75, 3.05) is 0 Å². The summed E-state index contributed by atoms with van der Waals surface area (Å²) in [6.07, 6.45) is 1.17. The monoisotopic (exact) mass is 230 g/mol. The van der Waals surface area contributed by atoms with Gasteiger partial charge in [-0.15, -0.1) is 0 Å². The van der Waals surface area contributed by atoms with Gasteiger partial charge in [-0.25, -0.2) is 0 Å². The summed E-state index contributed by atoms with van der Waals surface area (Å²) >= 11 is 0. The van der Waals surface area contributed by atoms with Crippen LogP contribution in [-0.4, -0.2) is 5.11 Å². The zero-order chi connectivity index (χ0) is 12.7. The molecular weight excluding hydrogens is 208 g/mol. The van der Waals surface area contributed by atoms with Gasteiger partial charge in [0.1, 0.15) is 5.75 Å². The van der Waals surface area contributed by atoms with E-state index in [-0.39, 0.29) is 0 Å². The van der Waals surface area contributed by atoms with Gasteiger partial charge in [0.15, 0.2) is 0 Å². The molecule has 1 N–H and O–H groups in total. The summed E-state index contributed by atoms with van der Waals surface area (Å²) in [4.78, 5) is 0. The van der Waals surface area contributed by atoms with Crippen LogP contribution in [0.2, 0.25) is 0 Å². The van der Waals surface area contributed by atoms with Gasteiger partial charge < -0.3 is 5.11 Å². The van der Waals surface area contributed by atoms with Crippen molar-refractivity contribution < 1.29 is 5.11 Å². The summed E-state index contributed by atoms with van der Waals surface area (Å²) in [7, 11) is 0. The third-order valence-electron chi connectivity index (χ3n) is 4.32. The van der Waals surface area contributed by atoms with E-state index in [4.69, 9.17) is 0 Å². The van der Waals surface area contributed by atoms with E-state index < -0.39 is 0 Å². The minimum atomic E-state index is 0.421. The summed E-state index contributed by atoms with van der Waals surface area (Å²) in [6, 6.07) is 4.10. The van der Waals surface area contributed by atoms with Crippen LogP contribution in [0.1, 0.15) is 55.7 Å². The summed E-state index contributed by atoms with van der Waals surface area (Å²) < 4.78 is 0. The van der Waals surface area contributed by atoms with Crippen molar-refractivity contribution in [2.45, 2.75) is 46.0 Å². The van der Waals surface area contributed by atoms with E-state index in [2.05, 4.69) is 33.4 Å². The van der Waals surface area contributed by atoms with Crippen LogP contribution < -0.4 is 0 Å². The van der Waals surface area contributed by atoms with E-state index >= 15 is 0 Å². The van der Waals surface area contributed by atoms with Crippen LogP contribution in [0.3, 0.4) is 0 Å². The van der Waals surface area contributed by atoms with Crippen LogP contribution in [0.15, 0.2) is 24.3 Å². The van der Waals surface area contributed by atoms with E-state index in [1.807, 2.05) is 13.0 Å². The van der Waals surface area contributed by atoms with Crippen molar-refractivity contribution in [3.63, 3.8) is 0 Å². The SMILES string of the molecule is C=C(C)[C@@H]1C[C@@H](C)[C@H](C)c2cc(O)c(C)cc21. The summed E-state index contributed by atoms with van der Waals surface area (Å²) in [5.41, 5.74) is 4.88. The van der Waals surface area contributed by atoms with Crippen molar-refractivity contribution in [3.8, 4) is 5.75 Å². The van der Waals surface area contributed by atoms with E-state index in [1.54, 1.807) is 0 Å². The molecule has 2 rings (SSSR count). The second-order valence-electron chi connectivity index (χ2n) is 5.67. The smallest absolute Gasteiger partial charge is 0.118 e. The fourth-order valence-electron chi connectivity index (χ4n) is 2.91. The molecule has 0 radical (unpaired) electrons. The predicted molar refractivity (Wildman–Crippen MR) is 72.6 cm³/mol. The molecule has 1 aliphatic carbocycles. The van der Waals surface area contributed by atoms with Gasteiger partial charge in [-0.3, -0.25) is 0 Å². The normalized spacial score (nSPS) is 27.6. The maximum absolute atomic E-state index is 9.88. The summed E-state index contributed by atoms with van der Waals surface area (Å²) in [5.74, 6) is 2.04. The lowest BCUT2D eigenvalue weighted by atomic mass is 9.69. The zero-order valence-electron chi connectivity index (χ0n) is 11.2. The van der Waals surface area contributed by atoms with Gasteiger partial charge in [0, 0.05) is 5.92 Å². The van der Waals surface area contributed by atoms with Crippen LogP contribution in [0, 0.1) is 12.8 Å². The number of fused-ring (bicyclic) bond motifs is 1. The molecule has 1 nitrogen and oxygen atoms in total. The number of phenolic OH excluding ortho intramolecular Hbond substituents is 1. The van der Waals surface area contributed by atoms with Crippen molar-refractivity contribution in [1.82, 2.24) is 0 Å². The van der Waals surface area contributed by atoms with E-state index in [0.29, 0.717) is 23.5 Å². The van der Waals surface area contributed by atoms with Gasteiger partial charge in [-0.2, -0.15) is 0 Å². The zero-order valence-corrected chi connectivity index (χ0v) is 11.2. The molecule has 0 heterocycles. The number of aromatic hydroxyl groups is 1. The molecule has 0 amide bonds. The van der Waals surface area contributed by atoms with Crippen LogP contribution in [-0.2, 0) is 0 Å². The van der Waals surface area contributed by atoms with E-state index in [9.17, 15) is 5.11 Å². The molecule has 1 aromatic rings. The Morgan fingerprint density at radius 2 is 1.94 bits per heavy atom. The number of hydrogen-bond donors (Lipinski definition) is 1. The number of aryl methyl sites for hydroxylation is 1. The minimum absolute atomic E-state index is 0.421. The molecule has 0 spiro atoms. The molecule has 17 heavy (non-hydrogen) atoms. The van der Waals surface area contributed by atoms with E-state index in [1.165, 1.54) is 23.1 Å². The van der Waals surface area contributed by atoms with Crippen molar-refractivity contribution in [3.05, 3.63) is 41.0 Å². The number of phenols is 1. The molecule has 1 aromatic carbocycles. The van der Waals surface area contributed by atoms with Crippen LogP contribution >= 0.6 is 0 Å². The summed E-state index contributed by atoms with van der Waals surface area (Å²) in [6.45, 7) is 12.8. The molecule has 0 aromatic heterocycles. The first-order valence-electron chi connectivity index (χ1n) is 6.40. The first-order chi connectivity index (χ1) is 7.91. The van der Waals surface area contributed by atoms with Gasteiger partial charge in [0.25, 0.3) is 0 Å². The lowest BCUT2D eigenvalue weighted by molar-refractivity contribution is 0.393. The Morgan fingerprint density at radius 3 is 2.53 bits per heavy atom. The molecule has 3 atom stereocenters. The molecule has 0 saturated carbocycles. The number of hydrogen-bond acceptors (Lipinski definition) is 1. The molecule has 0 unspecified atom stereocenters. The van der Waals surface area contributed by atoms with Crippen LogP contribution in [0.5, 0.6) is 5.75 Å². The van der Waals surface area contributed by atoms with Crippen LogP contribution in [0.25, 0.3) is 0 Å². The molecular formula is C16H22O. The molecule has 1 aliphatic rings. The van der Waals surface area contributed by atoms with Crippen molar-refractivity contribution >= 4 is 0 Å². The third kappa shape index (κ3) is 1.99. The Balaban J connectivity index is 2.60. The fraction of sp³-hybridized carbons (Fsp3) is 0.500. The van der Waals surface area contributed by atoms with E-state index in [0.717, 1.165) is 5.56 Å². The summed E-state index contributed by atoms with van der Waals surface area (Å²) in [5, 5.41) is 9.88. The number of allylic oxidation sites excluding steroid dienone is 1. The second-order valence-corrected chi connectivity index (χ2v) is 5.67. The highest BCUT2D eigenvalue weighted by Gasteiger charge is 2.30. The van der Waals surface area contributed by atoms with Crippen molar-refractivity contribution in [1.29, 1.82) is 0 Å². The highest BCUT2D eigenvalue weighted by molar-refractivity contribution is 5.48. The second kappa shape index (κ2) is 4.21. The largest absolute Gasteiger partial charge is 0.508 e. The van der Waals surface area contributed by atoms with Crippen LogP contribution in [0.4, 0.5) is 0 Å². The lowest BCUT2D eigenvalue weighted by Crippen LogP contribution is -2.21. The molecule has 0 aliphatic heterocycles. The molecule has 1 heteroatoms. The third-order valence-corrected chi connectivity index (χ3v) is 4.32. The average Bonchev–Trinajstić information content (AvgIpc) is 2.26.